The maximum Gasteiger partial charge on any atom is 0.343 e. The molecule has 0 spiro atoms. The minimum Gasteiger partial charge on any atom is -0.497 e. The minimum absolute atomic E-state index is 0.0179. The molecule has 1 amide bonds. The SMILES string of the molecule is COc1cccc(C(=O)Oc2ccc(C(=O)COC(=O)[C@@H]3CC(=O)N(c4ccc(Cl)cc4C(=O)c4ccccc4)C3)cc2)c1. The average molecular weight is 612 g/mol. The first kappa shape index (κ1) is 30.2. The highest BCUT2D eigenvalue weighted by molar-refractivity contribution is 6.31. The van der Waals surface area contributed by atoms with Gasteiger partial charge in [-0.2, -0.15) is 0 Å². The lowest BCUT2D eigenvalue weighted by atomic mass is 10.0. The lowest BCUT2D eigenvalue weighted by molar-refractivity contribution is -0.147. The number of ketones is 2. The van der Waals surface area contributed by atoms with Gasteiger partial charge in [-0.1, -0.05) is 48.0 Å². The Morgan fingerprint density at radius 2 is 1.55 bits per heavy atom. The highest BCUT2D eigenvalue weighted by atomic mass is 35.5. The summed E-state index contributed by atoms with van der Waals surface area (Å²) >= 11 is 6.17. The van der Waals surface area contributed by atoms with Gasteiger partial charge in [-0.05, 0) is 60.7 Å². The standard InChI is InChI=1S/C34H26ClNO8/c1-42-27-9-5-8-23(16-27)34(41)44-26-13-10-21(11-14-26)30(37)20-43-33(40)24-17-31(38)36(19-24)29-15-12-25(35)18-28(29)32(39)22-6-3-2-4-7-22/h2-16,18,24H,17,19-20H2,1H3/t24-/m1/s1. The number of hydrogen-bond acceptors (Lipinski definition) is 8. The van der Waals surface area contributed by atoms with Crippen LogP contribution < -0.4 is 14.4 Å². The van der Waals surface area contributed by atoms with Crippen LogP contribution in [0.4, 0.5) is 5.69 Å². The summed E-state index contributed by atoms with van der Waals surface area (Å²) in [6, 6.07) is 25.6. The summed E-state index contributed by atoms with van der Waals surface area (Å²) in [6.07, 6.45) is -0.137. The van der Waals surface area contributed by atoms with Gasteiger partial charge in [0.1, 0.15) is 11.5 Å². The maximum atomic E-state index is 13.2. The van der Waals surface area contributed by atoms with E-state index in [4.69, 9.17) is 25.8 Å². The van der Waals surface area contributed by atoms with E-state index in [0.717, 1.165) is 0 Å². The van der Waals surface area contributed by atoms with E-state index in [9.17, 15) is 24.0 Å². The number of rotatable bonds is 10. The summed E-state index contributed by atoms with van der Waals surface area (Å²) in [4.78, 5) is 65.5. The van der Waals surface area contributed by atoms with Crippen molar-refractivity contribution in [1.82, 2.24) is 0 Å². The molecule has 10 heteroatoms. The van der Waals surface area contributed by atoms with E-state index < -0.39 is 30.2 Å². The van der Waals surface area contributed by atoms with Crippen molar-refractivity contribution in [3.63, 3.8) is 0 Å². The van der Waals surface area contributed by atoms with Crippen LogP contribution in [-0.4, -0.2) is 49.7 Å². The van der Waals surface area contributed by atoms with Crippen LogP contribution in [-0.2, 0) is 14.3 Å². The lowest BCUT2D eigenvalue weighted by Gasteiger charge is -2.20. The number of carbonyl (C=O) groups is 5. The largest absolute Gasteiger partial charge is 0.497 e. The van der Waals surface area contributed by atoms with Crippen molar-refractivity contribution in [3.05, 3.63) is 124 Å². The van der Waals surface area contributed by atoms with Crippen LogP contribution in [0, 0.1) is 5.92 Å². The molecule has 1 aliphatic heterocycles. The van der Waals surface area contributed by atoms with Crippen LogP contribution in [0.25, 0.3) is 0 Å². The van der Waals surface area contributed by atoms with Gasteiger partial charge in [0.05, 0.1) is 24.3 Å². The first-order chi connectivity index (χ1) is 21.2. The molecule has 1 aliphatic rings. The first-order valence-corrected chi connectivity index (χ1v) is 14.0. The van der Waals surface area contributed by atoms with Crippen LogP contribution in [0.1, 0.15) is 43.1 Å². The van der Waals surface area contributed by atoms with E-state index in [-0.39, 0.29) is 41.5 Å². The van der Waals surface area contributed by atoms with E-state index in [1.165, 1.54) is 42.3 Å². The average Bonchev–Trinajstić information content (AvgIpc) is 3.45. The molecule has 0 bridgehead atoms. The quantitative estimate of drug-likeness (QED) is 0.130. The molecule has 0 radical (unpaired) electrons. The van der Waals surface area contributed by atoms with E-state index in [1.807, 2.05) is 0 Å². The topological polar surface area (TPSA) is 116 Å². The molecule has 1 heterocycles. The third-order valence-corrected chi connectivity index (χ3v) is 7.26. The van der Waals surface area contributed by atoms with Crippen molar-refractivity contribution >= 4 is 46.7 Å². The van der Waals surface area contributed by atoms with Crippen molar-refractivity contribution in [1.29, 1.82) is 0 Å². The highest BCUT2D eigenvalue weighted by Crippen LogP contribution is 2.32. The number of ether oxygens (including phenoxy) is 3. The maximum absolute atomic E-state index is 13.2. The van der Waals surface area contributed by atoms with Crippen molar-refractivity contribution in [2.75, 3.05) is 25.2 Å². The number of anilines is 1. The summed E-state index contributed by atoms with van der Waals surface area (Å²) < 4.78 is 15.7. The Balaban J connectivity index is 1.18. The normalized spacial score (nSPS) is 14.2. The number of halogens is 1. The molecule has 5 rings (SSSR count). The van der Waals surface area contributed by atoms with Gasteiger partial charge < -0.3 is 19.1 Å². The molecule has 0 aromatic heterocycles. The molecule has 4 aromatic carbocycles. The fraction of sp³-hybridized carbons (Fsp3) is 0.147. The number of nitrogens with zero attached hydrogens (tertiary/aromatic N) is 1. The predicted octanol–water partition coefficient (Wildman–Crippen LogP) is 5.58. The number of Topliss-reactive ketones (excluding diaryl/α,β-unsaturated/α-hetero) is 1. The van der Waals surface area contributed by atoms with Gasteiger partial charge in [0.25, 0.3) is 0 Å². The first-order valence-electron chi connectivity index (χ1n) is 13.6. The van der Waals surface area contributed by atoms with Gasteiger partial charge in [0.2, 0.25) is 5.91 Å². The number of esters is 2. The van der Waals surface area contributed by atoms with Gasteiger partial charge in [-0.15, -0.1) is 0 Å². The summed E-state index contributed by atoms with van der Waals surface area (Å²) in [5.74, 6) is -2.53. The van der Waals surface area contributed by atoms with Crippen LogP contribution in [0.5, 0.6) is 11.5 Å². The summed E-state index contributed by atoms with van der Waals surface area (Å²) in [5, 5.41) is 0.331. The Labute approximate surface area is 257 Å². The third-order valence-electron chi connectivity index (χ3n) is 7.03. The smallest absolute Gasteiger partial charge is 0.343 e. The Kier molecular flexibility index (Phi) is 9.16. The fourth-order valence-corrected chi connectivity index (χ4v) is 4.90. The van der Waals surface area contributed by atoms with Crippen molar-refractivity contribution < 1.29 is 38.2 Å². The molecule has 0 aliphatic carbocycles. The molecule has 1 atom stereocenters. The molecule has 1 saturated heterocycles. The third kappa shape index (κ3) is 6.85. The Morgan fingerprint density at radius 1 is 0.818 bits per heavy atom. The molecule has 44 heavy (non-hydrogen) atoms. The van der Waals surface area contributed by atoms with E-state index >= 15 is 0 Å². The van der Waals surface area contributed by atoms with Crippen LogP contribution in [0.3, 0.4) is 0 Å². The number of benzene rings is 4. The minimum atomic E-state index is -0.830. The van der Waals surface area contributed by atoms with E-state index in [0.29, 0.717) is 27.6 Å². The second kappa shape index (κ2) is 13.4. The number of amides is 1. The fourth-order valence-electron chi connectivity index (χ4n) is 4.73. The molecule has 222 valence electrons. The van der Waals surface area contributed by atoms with Crippen LogP contribution >= 0.6 is 11.6 Å². The van der Waals surface area contributed by atoms with Crippen LogP contribution in [0.2, 0.25) is 5.02 Å². The zero-order valence-corrected chi connectivity index (χ0v) is 24.3. The second-order valence-corrected chi connectivity index (χ2v) is 10.4. The van der Waals surface area contributed by atoms with Gasteiger partial charge in [-0.3, -0.25) is 19.2 Å². The lowest BCUT2D eigenvalue weighted by Crippen LogP contribution is -2.28. The van der Waals surface area contributed by atoms with Gasteiger partial charge in [-0.25, -0.2) is 4.79 Å². The Bertz CT molecular complexity index is 1740. The van der Waals surface area contributed by atoms with Crippen molar-refractivity contribution in [2.45, 2.75) is 6.42 Å². The Morgan fingerprint density at radius 3 is 2.27 bits per heavy atom. The molecule has 0 unspecified atom stereocenters. The van der Waals surface area contributed by atoms with Gasteiger partial charge in [0, 0.05) is 34.7 Å². The molecule has 1 fully saturated rings. The van der Waals surface area contributed by atoms with E-state index in [1.54, 1.807) is 66.7 Å². The summed E-state index contributed by atoms with van der Waals surface area (Å²) in [6.45, 7) is -0.554. The van der Waals surface area contributed by atoms with Crippen LogP contribution in [0.15, 0.2) is 97.1 Å². The molecule has 0 saturated carbocycles. The Hall–Kier alpha value is -5.28. The zero-order valence-electron chi connectivity index (χ0n) is 23.5. The van der Waals surface area contributed by atoms with Crippen molar-refractivity contribution in [3.8, 4) is 11.5 Å². The highest BCUT2D eigenvalue weighted by Gasteiger charge is 2.38. The number of hydrogen-bond donors (Lipinski definition) is 0. The molecular weight excluding hydrogens is 586 g/mol. The molecule has 9 nitrogen and oxygen atoms in total. The molecule has 0 N–H and O–H groups in total. The van der Waals surface area contributed by atoms with Gasteiger partial charge in [0.15, 0.2) is 18.2 Å². The second-order valence-electron chi connectivity index (χ2n) is 9.94. The van der Waals surface area contributed by atoms with Crippen molar-refractivity contribution in [2.24, 2.45) is 5.92 Å². The van der Waals surface area contributed by atoms with E-state index in [2.05, 4.69) is 0 Å². The molecule has 4 aromatic rings. The summed E-state index contributed by atoms with van der Waals surface area (Å²) in [7, 11) is 1.49. The predicted molar refractivity (Wildman–Crippen MR) is 161 cm³/mol. The monoisotopic (exact) mass is 611 g/mol. The number of methoxy groups -OCH3 is 1. The molecular formula is C34H26ClNO8. The van der Waals surface area contributed by atoms with Gasteiger partial charge >= 0.3 is 11.9 Å². The zero-order chi connectivity index (χ0) is 31.2. The summed E-state index contributed by atoms with van der Waals surface area (Å²) in [5.41, 5.74) is 1.55. The number of carbonyl (C=O) groups excluding carboxylic acids is 5.